The van der Waals surface area contributed by atoms with Crippen LogP contribution in [-0.4, -0.2) is 38.3 Å². The first kappa shape index (κ1) is 17.9. The fourth-order valence-electron chi connectivity index (χ4n) is 3.69. The van der Waals surface area contributed by atoms with Crippen molar-refractivity contribution >= 4 is 27.3 Å². The van der Waals surface area contributed by atoms with E-state index < -0.39 is 10.0 Å². The van der Waals surface area contributed by atoms with Crippen molar-refractivity contribution in [3.05, 3.63) is 17.5 Å². The summed E-state index contributed by atoms with van der Waals surface area (Å²) in [6.45, 7) is 1.55. The molecule has 134 valence electrons. The second-order valence-corrected chi connectivity index (χ2v) is 10.00. The minimum Gasteiger partial charge on any atom is -0.356 e. The zero-order chi connectivity index (χ0) is 17.0. The third kappa shape index (κ3) is 4.18. The molecule has 2 fully saturated rings. The maximum Gasteiger partial charge on any atom is 0.252 e. The molecule has 1 saturated heterocycles. The molecule has 0 radical (unpaired) electrons. The van der Waals surface area contributed by atoms with Crippen LogP contribution in [-0.2, 0) is 14.8 Å². The number of piperidine rings is 1. The lowest BCUT2D eigenvalue weighted by Crippen LogP contribution is -2.46. The Morgan fingerprint density at radius 3 is 2.71 bits per heavy atom. The molecule has 0 bridgehead atoms. The van der Waals surface area contributed by atoms with Crippen molar-refractivity contribution < 1.29 is 13.2 Å². The van der Waals surface area contributed by atoms with E-state index in [0.29, 0.717) is 23.2 Å². The van der Waals surface area contributed by atoms with Crippen LogP contribution in [0.25, 0.3) is 0 Å². The average molecular weight is 371 g/mol. The van der Waals surface area contributed by atoms with Crippen molar-refractivity contribution in [2.24, 2.45) is 11.8 Å². The molecule has 1 N–H and O–H groups in total. The minimum atomic E-state index is -3.45. The second-order valence-electron chi connectivity index (χ2n) is 6.88. The molecule has 2 heterocycles. The highest BCUT2D eigenvalue weighted by atomic mass is 32.2. The van der Waals surface area contributed by atoms with Gasteiger partial charge in [0.05, 0.1) is 5.92 Å². The third-order valence-electron chi connectivity index (χ3n) is 5.13. The third-order valence-corrected chi connectivity index (χ3v) is 8.37. The summed E-state index contributed by atoms with van der Waals surface area (Å²) in [6, 6.07) is 3.38. The molecule has 1 aliphatic carbocycles. The van der Waals surface area contributed by atoms with Gasteiger partial charge in [-0.15, -0.1) is 11.3 Å². The molecule has 1 amide bonds. The largest absolute Gasteiger partial charge is 0.356 e. The smallest absolute Gasteiger partial charge is 0.252 e. The number of carbonyl (C=O) groups excluding carboxylic acids is 1. The van der Waals surface area contributed by atoms with Crippen molar-refractivity contribution in [1.82, 2.24) is 9.62 Å². The fourth-order valence-corrected chi connectivity index (χ4v) is 6.36. The van der Waals surface area contributed by atoms with Crippen LogP contribution in [0.15, 0.2) is 21.7 Å². The topological polar surface area (TPSA) is 66.5 Å². The predicted octanol–water partition coefficient (Wildman–Crippen LogP) is 2.85. The molecule has 1 aromatic rings. The average Bonchev–Trinajstić information content (AvgIpc) is 3.16. The Bertz CT molecular complexity index is 637. The van der Waals surface area contributed by atoms with E-state index in [9.17, 15) is 13.2 Å². The molecule has 1 aromatic heterocycles. The zero-order valence-corrected chi connectivity index (χ0v) is 15.6. The van der Waals surface area contributed by atoms with Gasteiger partial charge in [-0.25, -0.2) is 8.42 Å². The van der Waals surface area contributed by atoms with Gasteiger partial charge in [0, 0.05) is 19.6 Å². The van der Waals surface area contributed by atoms with Gasteiger partial charge in [-0.05, 0) is 43.0 Å². The van der Waals surface area contributed by atoms with Crippen LogP contribution in [0.4, 0.5) is 0 Å². The lowest BCUT2D eigenvalue weighted by atomic mass is 9.89. The summed E-state index contributed by atoms with van der Waals surface area (Å²) in [5.41, 5.74) is 0. The quantitative estimate of drug-likeness (QED) is 0.867. The summed E-state index contributed by atoms with van der Waals surface area (Å²) in [5, 5.41) is 4.84. The highest BCUT2D eigenvalue weighted by Gasteiger charge is 2.33. The van der Waals surface area contributed by atoms with Crippen molar-refractivity contribution in [1.29, 1.82) is 0 Å². The van der Waals surface area contributed by atoms with Crippen LogP contribution < -0.4 is 5.32 Å². The molecule has 1 atom stereocenters. The first-order valence-corrected chi connectivity index (χ1v) is 11.2. The SMILES string of the molecule is O=C(NCC1CCCCC1)[C@@H]1CCCN(S(=O)(=O)c2cccs2)C1. The molecule has 7 heteroatoms. The molecule has 2 aliphatic rings. The minimum absolute atomic E-state index is 0.0200. The summed E-state index contributed by atoms with van der Waals surface area (Å²) >= 11 is 1.23. The van der Waals surface area contributed by atoms with Gasteiger partial charge in [-0.3, -0.25) is 4.79 Å². The lowest BCUT2D eigenvalue weighted by Gasteiger charge is -2.31. The number of nitrogens with zero attached hydrogens (tertiary/aromatic N) is 1. The van der Waals surface area contributed by atoms with E-state index in [1.807, 2.05) is 0 Å². The lowest BCUT2D eigenvalue weighted by molar-refractivity contribution is -0.126. The van der Waals surface area contributed by atoms with E-state index in [4.69, 9.17) is 0 Å². The first-order chi connectivity index (χ1) is 11.6. The number of carbonyl (C=O) groups is 1. The number of hydrogen-bond acceptors (Lipinski definition) is 4. The van der Waals surface area contributed by atoms with Gasteiger partial charge >= 0.3 is 0 Å². The van der Waals surface area contributed by atoms with Crippen LogP contribution in [0.2, 0.25) is 0 Å². The number of hydrogen-bond donors (Lipinski definition) is 1. The highest BCUT2D eigenvalue weighted by Crippen LogP contribution is 2.27. The molecule has 24 heavy (non-hydrogen) atoms. The van der Waals surface area contributed by atoms with Crippen molar-refractivity contribution in [2.45, 2.75) is 49.2 Å². The Labute approximate surface area is 148 Å². The highest BCUT2D eigenvalue weighted by molar-refractivity contribution is 7.91. The number of amides is 1. The summed E-state index contributed by atoms with van der Waals surface area (Å²) in [5.74, 6) is 0.390. The Morgan fingerprint density at radius 1 is 1.21 bits per heavy atom. The van der Waals surface area contributed by atoms with E-state index in [2.05, 4.69) is 5.32 Å². The Morgan fingerprint density at radius 2 is 2.00 bits per heavy atom. The number of nitrogens with one attached hydrogen (secondary N) is 1. The van der Waals surface area contributed by atoms with E-state index in [-0.39, 0.29) is 11.8 Å². The molecule has 5 nitrogen and oxygen atoms in total. The molecule has 1 saturated carbocycles. The fraction of sp³-hybridized carbons (Fsp3) is 0.706. The molecule has 0 aromatic carbocycles. The van der Waals surface area contributed by atoms with Crippen LogP contribution in [0.3, 0.4) is 0 Å². The summed E-state index contributed by atoms with van der Waals surface area (Å²) in [6.07, 6.45) is 7.74. The first-order valence-electron chi connectivity index (χ1n) is 8.89. The van der Waals surface area contributed by atoms with Gasteiger partial charge in [-0.1, -0.05) is 25.3 Å². The number of sulfonamides is 1. The zero-order valence-electron chi connectivity index (χ0n) is 13.9. The molecular weight excluding hydrogens is 344 g/mol. The number of thiophene rings is 1. The molecule has 0 spiro atoms. The summed E-state index contributed by atoms with van der Waals surface area (Å²) < 4.78 is 27.1. The van der Waals surface area contributed by atoms with Crippen LogP contribution >= 0.6 is 11.3 Å². The Balaban J connectivity index is 1.56. The Kier molecular flexibility index (Phi) is 5.94. The van der Waals surface area contributed by atoms with Gasteiger partial charge in [0.15, 0.2) is 0 Å². The van der Waals surface area contributed by atoms with Gasteiger partial charge in [0.1, 0.15) is 4.21 Å². The molecular formula is C17H26N2O3S2. The van der Waals surface area contributed by atoms with Crippen LogP contribution in [0.5, 0.6) is 0 Å². The van der Waals surface area contributed by atoms with Gasteiger partial charge in [0.2, 0.25) is 5.91 Å². The summed E-state index contributed by atoms with van der Waals surface area (Å²) in [4.78, 5) is 12.5. The van der Waals surface area contributed by atoms with E-state index in [0.717, 1.165) is 19.4 Å². The maximum absolute atomic E-state index is 12.6. The van der Waals surface area contributed by atoms with Gasteiger partial charge in [0.25, 0.3) is 10.0 Å². The van der Waals surface area contributed by atoms with E-state index in [1.54, 1.807) is 17.5 Å². The Hall–Kier alpha value is -0.920. The van der Waals surface area contributed by atoms with Crippen molar-refractivity contribution in [3.63, 3.8) is 0 Å². The van der Waals surface area contributed by atoms with Crippen LogP contribution in [0.1, 0.15) is 44.9 Å². The second kappa shape index (κ2) is 7.97. The van der Waals surface area contributed by atoms with Gasteiger partial charge in [-0.2, -0.15) is 4.31 Å². The standard InChI is InChI=1S/C17H26N2O3S2/c20-17(18-12-14-6-2-1-3-7-14)15-8-4-10-19(13-15)24(21,22)16-9-5-11-23-16/h5,9,11,14-15H,1-4,6-8,10,12-13H2,(H,18,20)/t15-/m1/s1. The van der Waals surface area contributed by atoms with Crippen LogP contribution in [0, 0.1) is 11.8 Å². The predicted molar refractivity (Wildman–Crippen MR) is 95.4 cm³/mol. The monoisotopic (exact) mass is 370 g/mol. The normalized spacial score (nSPS) is 23.9. The number of rotatable bonds is 5. The summed E-state index contributed by atoms with van der Waals surface area (Å²) in [7, 11) is -3.45. The van der Waals surface area contributed by atoms with E-state index in [1.165, 1.54) is 47.7 Å². The molecule has 0 unspecified atom stereocenters. The van der Waals surface area contributed by atoms with Crippen molar-refractivity contribution in [2.75, 3.05) is 19.6 Å². The molecule has 3 rings (SSSR count). The van der Waals surface area contributed by atoms with Gasteiger partial charge < -0.3 is 5.32 Å². The maximum atomic E-state index is 12.6. The van der Waals surface area contributed by atoms with Crippen molar-refractivity contribution in [3.8, 4) is 0 Å². The molecule has 1 aliphatic heterocycles. The van der Waals surface area contributed by atoms with E-state index >= 15 is 0 Å².